The maximum Gasteiger partial charge on any atom is 0.334 e. The fourth-order valence-corrected chi connectivity index (χ4v) is 5.94. The monoisotopic (exact) mass is 657 g/mol. The van der Waals surface area contributed by atoms with E-state index in [-0.39, 0.29) is 22.9 Å². The molecule has 9 N–H and O–H groups in total. The average molecular weight is 658 g/mol. The van der Waals surface area contributed by atoms with Gasteiger partial charge in [-0.2, -0.15) is 0 Å². The molecule has 2 aromatic rings. The highest BCUT2D eigenvalue weighted by molar-refractivity contribution is 7.53. The van der Waals surface area contributed by atoms with Gasteiger partial charge in [-0.15, -0.1) is 0 Å². The summed E-state index contributed by atoms with van der Waals surface area (Å²) in [5.74, 6) is -2.13. The Hall–Kier alpha value is -2.84. The highest BCUT2D eigenvalue weighted by Crippen LogP contribution is 2.37. The Kier molecular flexibility index (Phi) is 12.5. The summed E-state index contributed by atoms with van der Waals surface area (Å²) >= 11 is 0. The summed E-state index contributed by atoms with van der Waals surface area (Å²) in [5.41, 5.74) is 2.79. The molecule has 1 saturated heterocycles. The van der Waals surface area contributed by atoms with Crippen molar-refractivity contribution >= 4 is 38.4 Å². The average Bonchev–Trinajstić information content (AvgIpc) is 2.86. The predicted octanol–water partition coefficient (Wildman–Crippen LogP) is 1.24. The molecule has 17 heteroatoms. The number of benzene rings is 2. The van der Waals surface area contributed by atoms with Crippen LogP contribution in [0, 0.1) is 13.8 Å². The molecule has 0 saturated carbocycles. The molecule has 3 rings (SSSR count). The SMILES string of the molecule is Cc1cc(CN2CCCN(Cc3cc(C)cc(NC(=O)CP(=O)(O)O)c3O)CCNCC2)c(O)c(NC(=O)CP(=O)(O)O)c1. The summed E-state index contributed by atoms with van der Waals surface area (Å²) in [6.07, 6.45) is -1.23. The molecule has 15 nitrogen and oxygen atoms in total. The Balaban J connectivity index is 1.67. The molecule has 0 radical (unpaired) electrons. The van der Waals surface area contributed by atoms with Gasteiger partial charge in [-0.25, -0.2) is 0 Å². The topological polar surface area (TPSA) is 232 Å². The third-order valence-electron chi connectivity index (χ3n) is 6.86. The second-order valence-electron chi connectivity index (χ2n) is 11.0. The van der Waals surface area contributed by atoms with E-state index in [2.05, 4.69) is 25.8 Å². The van der Waals surface area contributed by atoms with Gasteiger partial charge in [0, 0.05) is 50.4 Å². The molecule has 44 heavy (non-hydrogen) atoms. The minimum absolute atomic E-state index is 0.0825. The number of phenolic OH excluding ortho intramolecular Hbond substituents is 2. The molecule has 1 fully saturated rings. The van der Waals surface area contributed by atoms with Crippen molar-refractivity contribution in [3.05, 3.63) is 46.5 Å². The minimum Gasteiger partial charge on any atom is -0.505 e. The fourth-order valence-electron chi connectivity index (χ4n) is 5.03. The second-order valence-corrected chi connectivity index (χ2v) is 14.3. The lowest BCUT2D eigenvalue weighted by atomic mass is 10.1. The quantitative estimate of drug-likeness (QED) is 0.129. The first-order chi connectivity index (χ1) is 20.5. The number of nitrogens with zero attached hydrogens (tertiary/aromatic N) is 2. The molecular formula is C27H41N5O10P2. The van der Waals surface area contributed by atoms with Crippen molar-refractivity contribution < 1.29 is 48.5 Å². The first kappa shape index (κ1) is 35.6. The predicted molar refractivity (Wildman–Crippen MR) is 165 cm³/mol. The van der Waals surface area contributed by atoms with Crippen LogP contribution in [-0.4, -0.2) is 103 Å². The highest BCUT2D eigenvalue weighted by atomic mass is 31.2. The van der Waals surface area contributed by atoms with Crippen LogP contribution in [0.4, 0.5) is 11.4 Å². The first-order valence-corrected chi connectivity index (χ1v) is 17.6. The standard InChI is InChI=1S/C27H41N5O10P2/c1-18-10-20(26(35)22(12-18)29-24(33)16-43(37,38)39)14-31-6-3-7-32(9-5-28-4-8-31)15-21-11-19(2)13-23(27(21)36)30-25(34)17-44(40,41)42/h10-13,28,35-36H,3-9,14-17H2,1-2H3,(H,29,33)(H,30,34)(H2,37,38,39)(H2,40,41,42). The van der Waals surface area contributed by atoms with Crippen LogP contribution in [-0.2, 0) is 31.8 Å². The summed E-state index contributed by atoms with van der Waals surface area (Å²) < 4.78 is 22.4. The van der Waals surface area contributed by atoms with Gasteiger partial charge >= 0.3 is 15.2 Å². The normalized spacial score (nSPS) is 16.0. The zero-order chi connectivity index (χ0) is 32.7. The van der Waals surface area contributed by atoms with E-state index in [0.717, 1.165) is 17.5 Å². The van der Waals surface area contributed by atoms with E-state index in [1.165, 1.54) is 12.1 Å². The van der Waals surface area contributed by atoms with Crippen molar-refractivity contribution in [1.82, 2.24) is 15.1 Å². The molecule has 1 aliphatic heterocycles. The van der Waals surface area contributed by atoms with E-state index in [0.29, 0.717) is 63.5 Å². The lowest BCUT2D eigenvalue weighted by Crippen LogP contribution is -2.40. The summed E-state index contributed by atoms with van der Waals surface area (Å²) in [4.78, 5) is 64.7. The zero-order valence-corrected chi connectivity index (χ0v) is 26.5. The van der Waals surface area contributed by atoms with E-state index in [4.69, 9.17) is 19.6 Å². The largest absolute Gasteiger partial charge is 0.505 e. The fraction of sp³-hybridized carbons (Fsp3) is 0.481. The van der Waals surface area contributed by atoms with Crippen LogP contribution in [0.5, 0.6) is 11.5 Å². The smallest absolute Gasteiger partial charge is 0.334 e. The van der Waals surface area contributed by atoms with Gasteiger partial charge in [-0.05, 0) is 56.6 Å². The van der Waals surface area contributed by atoms with E-state index < -0.39 is 39.3 Å². The molecule has 0 bridgehead atoms. The molecular weight excluding hydrogens is 616 g/mol. The molecule has 2 amide bonds. The summed E-state index contributed by atoms with van der Waals surface area (Å²) in [7, 11) is -9.12. The van der Waals surface area contributed by atoms with Crippen LogP contribution in [0.15, 0.2) is 24.3 Å². The van der Waals surface area contributed by atoms with Gasteiger partial charge in [0.1, 0.15) is 23.8 Å². The highest BCUT2D eigenvalue weighted by Gasteiger charge is 2.23. The van der Waals surface area contributed by atoms with Gasteiger partial charge in [-0.1, -0.05) is 12.1 Å². The van der Waals surface area contributed by atoms with E-state index in [1.807, 2.05) is 0 Å². The number of aryl methyl sites for hydroxylation is 2. The Bertz CT molecular complexity index is 1340. The van der Waals surface area contributed by atoms with Gasteiger partial charge in [0.2, 0.25) is 11.8 Å². The molecule has 1 heterocycles. The Morgan fingerprint density at radius 2 is 1.11 bits per heavy atom. The van der Waals surface area contributed by atoms with Gasteiger partial charge in [-0.3, -0.25) is 28.5 Å². The van der Waals surface area contributed by atoms with Gasteiger partial charge in [0.25, 0.3) is 0 Å². The number of carbonyl (C=O) groups excluding carboxylic acids is 2. The maximum atomic E-state index is 12.1. The lowest BCUT2D eigenvalue weighted by molar-refractivity contribution is -0.115. The molecule has 2 aromatic carbocycles. The molecule has 244 valence electrons. The Morgan fingerprint density at radius 1 is 0.727 bits per heavy atom. The number of rotatable bonds is 10. The third-order valence-corrected chi connectivity index (χ3v) is 8.26. The zero-order valence-electron chi connectivity index (χ0n) is 24.7. The van der Waals surface area contributed by atoms with E-state index in [9.17, 15) is 28.9 Å². The van der Waals surface area contributed by atoms with Gasteiger partial charge in [0.15, 0.2) is 0 Å². The van der Waals surface area contributed by atoms with Crippen LogP contribution in [0.3, 0.4) is 0 Å². The number of carbonyl (C=O) groups is 2. The molecule has 0 unspecified atom stereocenters. The number of aromatic hydroxyl groups is 2. The van der Waals surface area contributed by atoms with Crippen LogP contribution >= 0.6 is 15.2 Å². The van der Waals surface area contributed by atoms with Crippen LogP contribution in [0.2, 0.25) is 0 Å². The number of hydrogen-bond donors (Lipinski definition) is 9. The van der Waals surface area contributed by atoms with Crippen LogP contribution < -0.4 is 16.0 Å². The number of nitrogens with one attached hydrogen (secondary N) is 3. The van der Waals surface area contributed by atoms with Gasteiger partial charge < -0.3 is 45.7 Å². The Labute approximate surface area is 255 Å². The van der Waals surface area contributed by atoms with E-state index in [1.54, 1.807) is 26.0 Å². The third kappa shape index (κ3) is 11.9. The van der Waals surface area contributed by atoms with Crippen molar-refractivity contribution in [2.24, 2.45) is 0 Å². The molecule has 0 spiro atoms. The summed E-state index contributed by atoms with van der Waals surface area (Å²) in [6.45, 7) is 8.34. The molecule has 0 aromatic heterocycles. The minimum atomic E-state index is -4.56. The Morgan fingerprint density at radius 3 is 1.48 bits per heavy atom. The maximum absolute atomic E-state index is 12.1. The van der Waals surface area contributed by atoms with Crippen LogP contribution in [0.1, 0.15) is 28.7 Å². The number of hydrogen-bond acceptors (Lipinski definition) is 9. The molecule has 1 aliphatic rings. The number of amides is 2. The van der Waals surface area contributed by atoms with Crippen molar-refractivity contribution in [3.8, 4) is 11.5 Å². The summed E-state index contributed by atoms with van der Waals surface area (Å²) in [5, 5.41) is 29.9. The summed E-state index contributed by atoms with van der Waals surface area (Å²) in [6, 6.07) is 6.66. The lowest BCUT2D eigenvalue weighted by Gasteiger charge is -2.29. The van der Waals surface area contributed by atoms with Gasteiger partial charge in [0.05, 0.1) is 11.4 Å². The number of phenols is 2. The van der Waals surface area contributed by atoms with E-state index >= 15 is 0 Å². The van der Waals surface area contributed by atoms with Crippen molar-refractivity contribution in [2.45, 2.75) is 33.4 Å². The van der Waals surface area contributed by atoms with Crippen LogP contribution in [0.25, 0.3) is 0 Å². The first-order valence-electron chi connectivity index (χ1n) is 14.0. The second kappa shape index (κ2) is 15.4. The molecule has 0 aliphatic carbocycles. The van der Waals surface area contributed by atoms with Crippen molar-refractivity contribution in [3.63, 3.8) is 0 Å². The van der Waals surface area contributed by atoms with Crippen molar-refractivity contribution in [1.29, 1.82) is 0 Å². The number of anilines is 2. The molecule has 0 atom stereocenters. The van der Waals surface area contributed by atoms with Crippen molar-refractivity contribution in [2.75, 3.05) is 62.2 Å².